The number of aliphatic hydroxyl groups is 1. The van der Waals surface area contributed by atoms with Crippen molar-refractivity contribution in [2.45, 2.75) is 35.5 Å². The topological polar surface area (TPSA) is 63.6 Å². The minimum absolute atomic E-state index is 0.546. The first-order valence-electron chi connectivity index (χ1n) is 7.85. The smallest absolute Gasteiger partial charge is 0.384 e. The van der Waals surface area contributed by atoms with Crippen LogP contribution in [0, 0.1) is 0 Å². The molecule has 1 aromatic carbocycles. The van der Waals surface area contributed by atoms with Crippen molar-refractivity contribution < 1.29 is 72.1 Å². The summed E-state index contributed by atoms with van der Waals surface area (Å²) in [6.07, 6.45) is 0. The normalized spacial score (nSPS) is 14.3. The van der Waals surface area contributed by atoms with Crippen LogP contribution in [0.5, 0.6) is 0 Å². The molecule has 0 amide bonds. The Hall–Kier alpha value is -2.52. The van der Waals surface area contributed by atoms with Gasteiger partial charge in [0.1, 0.15) is 6.61 Å². The van der Waals surface area contributed by atoms with Gasteiger partial charge in [-0.1, -0.05) is 30.3 Å². The highest BCUT2D eigenvalue weighted by molar-refractivity contribution is 6.40. The molecule has 0 saturated heterocycles. The number of ether oxygens (including phenoxy) is 1. The van der Waals surface area contributed by atoms with Crippen molar-refractivity contribution in [3.8, 4) is 0 Å². The monoisotopic (exact) mass is 494 g/mol. The number of Topliss-reactive ketones (excluding diaryl/α,β-unsaturated/α-hetero) is 1. The van der Waals surface area contributed by atoms with Crippen molar-refractivity contribution >= 4 is 11.8 Å². The van der Waals surface area contributed by atoms with Gasteiger partial charge in [-0.05, 0) is 0 Å². The predicted molar refractivity (Wildman–Crippen MR) is 78.5 cm³/mol. The van der Waals surface area contributed by atoms with Crippen LogP contribution in [-0.2, 0) is 9.53 Å². The summed E-state index contributed by atoms with van der Waals surface area (Å²) in [4.78, 5) is 22.9. The molecule has 32 heavy (non-hydrogen) atoms. The lowest BCUT2D eigenvalue weighted by molar-refractivity contribution is -0.428. The van der Waals surface area contributed by atoms with Crippen molar-refractivity contribution in [3.63, 3.8) is 0 Å². The van der Waals surface area contributed by atoms with Gasteiger partial charge in [-0.25, -0.2) is 4.79 Å². The molecule has 182 valence electrons. The van der Waals surface area contributed by atoms with E-state index in [2.05, 4.69) is 4.74 Å². The third-order valence-electron chi connectivity index (χ3n) is 3.91. The molecule has 0 atom stereocenters. The number of benzene rings is 1. The lowest BCUT2D eigenvalue weighted by Crippen LogP contribution is -2.71. The average molecular weight is 494 g/mol. The minimum atomic E-state index is -7.87. The highest BCUT2D eigenvalue weighted by Gasteiger charge is 2.90. The van der Waals surface area contributed by atoms with Gasteiger partial charge in [-0.2, -0.15) is 52.7 Å². The van der Waals surface area contributed by atoms with Crippen LogP contribution >= 0.6 is 0 Å². The molecule has 0 aromatic heterocycles. The second kappa shape index (κ2) is 8.44. The molecule has 0 aliphatic heterocycles. The molecule has 0 heterocycles. The number of carbonyl (C=O) groups is 2. The van der Waals surface area contributed by atoms with Gasteiger partial charge >= 0.3 is 41.5 Å². The molecule has 1 rings (SSSR count). The van der Waals surface area contributed by atoms with E-state index in [0.29, 0.717) is 0 Å². The Labute approximate surface area is 169 Å². The van der Waals surface area contributed by atoms with Gasteiger partial charge < -0.3 is 9.84 Å². The number of hydrogen-bond donors (Lipinski definition) is 1. The van der Waals surface area contributed by atoms with Gasteiger partial charge in [0.2, 0.25) is 0 Å². The van der Waals surface area contributed by atoms with Gasteiger partial charge in [0.15, 0.2) is 6.61 Å². The van der Waals surface area contributed by atoms with E-state index in [9.17, 15) is 62.3 Å². The maximum Gasteiger partial charge on any atom is 0.384 e. The zero-order valence-electron chi connectivity index (χ0n) is 15.0. The number of hydrogen-bond acceptors (Lipinski definition) is 4. The van der Waals surface area contributed by atoms with E-state index in [0.717, 1.165) is 24.3 Å². The number of esters is 1. The molecule has 0 aliphatic carbocycles. The molecular formula is C16H10F12O4. The number of carbonyl (C=O) groups excluding carboxylic acids is 2. The van der Waals surface area contributed by atoms with E-state index in [1.165, 1.54) is 6.07 Å². The molecule has 0 saturated carbocycles. The summed E-state index contributed by atoms with van der Waals surface area (Å²) < 4.78 is 163. The van der Waals surface area contributed by atoms with E-state index in [-0.39, 0.29) is 0 Å². The maximum absolute atomic E-state index is 13.6. The summed E-state index contributed by atoms with van der Waals surface area (Å²) in [7, 11) is 0. The molecule has 0 aliphatic rings. The van der Waals surface area contributed by atoms with Crippen LogP contribution in [0.25, 0.3) is 0 Å². The van der Waals surface area contributed by atoms with Gasteiger partial charge in [0, 0.05) is 5.56 Å². The first-order valence-corrected chi connectivity index (χ1v) is 7.85. The first-order chi connectivity index (χ1) is 14.2. The van der Waals surface area contributed by atoms with Crippen LogP contribution < -0.4 is 0 Å². The van der Waals surface area contributed by atoms with Crippen molar-refractivity contribution in [1.82, 2.24) is 0 Å². The van der Waals surface area contributed by atoms with Crippen molar-refractivity contribution in [2.24, 2.45) is 0 Å². The maximum atomic E-state index is 13.6. The summed E-state index contributed by atoms with van der Waals surface area (Å²) in [6, 6.07) is 5.43. The van der Waals surface area contributed by atoms with E-state index >= 15 is 0 Å². The number of aliphatic hydroxyl groups excluding tert-OH is 1. The third-order valence-corrected chi connectivity index (χ3v) is 3.91. The fraction of sp³-hybridized carbons (Fsp3) is 0.500. The van der Waals surface area contributed by atoms with E-state index in [1.54, 1.807) is 0 Å². The summed E-state index contributed by atoms with van der Waals surface area (Å²) in [5, 5.41) is 7.98. The Morgan fingerprint density at radius 1 is 0.688 bits per heavy atom. The number of halogens is 12. The lowest BCUT2D eigenvalue weighted by atomic mass is 9.91. The quantitative estimate of drug-likeness (QED) is 0.229. The van der Waals surface area contributed by atoms with Crippen molar-refractivity contribution in [2.75, 3.05) is 13.2 Å². The molecule has 0 spiro atoms. The SMILES string of the molecule is O=C(OCC(F)(F)C(F)(F)C(F)(F)C(F)(F)C(F)(F)C(F)(F)CO)C(=O)c1ccccc1. The van der Waals surface area contributed by atoms with Crippen molar-refractivity contribution in [3.05, 3.63) is 35.9 Å². The molecule has 0 unspecified atom stereocenters. The number of ketones is 1. The average Bonchev–Trinajstić information content (AvgIpc) is 2.71. The minimum Gasteiger partial charge on any atom is -0.453 e. The van der Waals surface area contributed by atoms with Crippen LogP contribution in [-0.4, -0.2) is 65.6 Å². The fourth-order valence-electron chi connectivity index (χ4n) is 1.97. The zero-order chi connectivity index (χ0) is 25.4. The Morgan fingerprint density at radius 3 is 1.50 bits per heavy atom. The summed E-state index contributed by atoms with van der Waals surface area (Å²) in [5.74, 6) is -47.7. The Bertz CT molecular complexity index is 839. The Morgan fingerprint density at radius 2 is 1.09 bits per heavy atom. The molecule has 4 nitrogen and oxygen atoms in total. The summed E-state index contributed by atoms with van der Waals surface area (Å²) >= 11 is 0. The van der Waals surface area contributed by atoms with Crippen LogP contribution in [0.1, 0.15) is 10.4 Å². The second-order valence-corrected chi connectivity index (χ2v) is 6.14. The fourth-order valence-corrected chi connectivity index (χ4v) is 1.97. The highest BCUT2D eigenvalue weighted by Crippen LogP contribution is 2.59. The van der Waals surface area contributed by atoms with Crippen LogP contribution in [0.2, 0.25) is 0 Å². The first kappa shape index (κ1) is 27.5. The molecule has 0 fully saturated rings. The Balaban J connectivity index is 3.19. The standard InChI is InChI=1S/C16H10F12O4/c17-11(18,6-29)13(21,22)15(25,26)16(27,28)14(23,24)12(19,20)7-32-10(31)9(30)8-4-2-1-3-5-8/h1-5,29H,6-7H2. The molecular weight excluding hydrogens is 484 g/mol. The van der Waals surface area contributed by atoms with E-state index < -0.39 is 66.1 Å². The van der Waals surface area contributed by atoms with Gasteiger partial charge in [-0.15, -0.1) is 0 Å². The van der Waals surface area contributed by atoms with Crippen molar-refractivity contribution in [1.29, 1.82) is 0 Å². The lowest BCUT2D eigenvalue weighted by Gasteiger charge is -2.40. The number of rotatable bonds is 10. The van der Waals surface area contributed by atoms with Crippen LogP contribution in [0.15, 0.2) is 30.3 Å². The second-order valence-electron chi connectivity index (χ2n) is 6.14. The van der Waals surface area contributed by atoms with E-state index in [4.69, 9.17) is 5.11 Å². The summed E-state index contributed by atoms with van der Waals surface area (Å²) in [5.41, 5.74) is -0.546. The van der Waals surface area contributed by atoms with Gasteiger partial charge in [0.25, 0.3) is 5.78 Å². The largest absolute Gasteiger partial charge is 0.453 e. The molecule has 16 heteroatoms. The van der Waals surface area contributed by atoms with E-state index in [1.807, 2.05) is 0 Å². The molecule has 0 radical (unpaired) electrons. The predicted octanol–water partition coefficient (Wildman–Crippen LogP) is 4.22. The molecule has 1 N–H and O–H groups in total. The van der Waals surface area contributed by atoms with Crippen LogP contribution in [0.3, 0.4) is 0 Å². The Kier molecular flexibility index (Phi) is 7.26. The van der Waals surface area contributed by atoms with Gasteiger partial charge in [-0.3, -0.25) is 4.79 Å². The highest BCUT2D eigenvalue weighted by atomic mass is 19.4. The third kappa shape index (κ3) is 4.23. The number of alkyl halides is 12. The molecule has 0 bridgehead atoms. The molecule has 1 aromatic rings. The summed E-state index contributed by atoms with van der Waals surface area (Å²) in [6.45, 7) is -6.42. The van der Waals surface area contributed by atoms with Crippen LogP contribution in [0.4, 0.5) is 52.7 Å². The zero-order valence-corrected chi connectivity index (χ0v) is 15.0. The van der Waals surface area contributed by atoms with Gasteiger partial charge in [0.05, 0.1) is 0 Å².